The molecule has 1 amide bonds. The van der Waals surface area contributed by atoms with Gasteiger partial charge in [0.2, 0.25) is 0 Å². The van der Waals surface area contributed by atoms with Gasteiger partial charge in [0, 0.05) is 16.6 Å². The fourth-order valence-electron chi connectivity index (χ4n) is 2.49. The normalized spacial score (nSPS) is 15.1. The molecule has 2 aromatic rings. The quantitative estimate of drug-likeness (QED) is 0.835. The first kappa shape index (κ1) is 16.3. The van der Waals surface area contributed by atoms with Gasteiger partial charge >= 0.3 is 6.09 Å². The number of nitrogens with zero attached hydrogens (tertiary/aromatic N) is 2. The van der Waals surface area contributed by atoms with Crippen LogP contribution in [0.4, 0.5) is 4.79 Å². The van der Waals surface area contributed by atoms with E-state index in [0.29, 0.717) is 6.61 Å². The monoisotopic (exact) mass is 343 g/mol. The Kier molecular flexibility index (Phi) is 4.67. The summed E-state index contributed by atoms with van der Waals surface area (Å²) in [7, 11) is 0. The number of rotatable bonds is 6. The summed E-state index contributed by atoms with van der Waals surface area (Å²) >= 11 is 1.45. The Balaban J connectivity index is 1.60. The van der Waals surface area contributed by atoms with Crippen molar-refractivity contribution < 1.29 is 14.6 Å². The van der Waals surface area contributed by atoms with Crippen molar-refractivity contribution in [2.75, 3.05) is 6.61 Å². The van der Waals surface area contributed by atoms with Gasteiger partial charge < -0.3 is 15.2 Å². The van der Waals surface area contributed by atoms with Crippen LogP contribution in [-0.4, -0.2) is 22.8 Å². The highest BCUT2D eigenvalue weighted by Crippen LogP contribution is 2.40. The summed E-state index contributed by atoms with van der Waals surface area (Å²) in [6.45, 7) is 0.690. The lowest BCUT2D eigenvalue weighted by atomic mass is 9.71. The Hall–Kier alpha value is -2.59. The van der Waals surface area contributed by atoms with Gasteiger partial charge in [-0.3, -0.25) is 0 Å². The predicted octanol–water partition coefficient (Wildman–Crippen LogP) is 3.65. The minimum Gasteiger partial charge on any atom is -0.492 e. The second-order valence-corrected chi connectivity index (χ2v) is 6.96. The highest BCUT2D eigenvalue weighted by atomic mass is 32.1. The molecule has 1 aromatic carbocycles. The molecule has 24 heavy (non-hydrogen) atoms. The largest absolute Gasteiger partial charge is 0.492 e. The summed E-state index contributed by atoms with van der Waals surface area (Å²) in [5.41, 5.74) is 0.646. The van der Waals surface area contributed by atoms with Crippen molar-refractivity contribution in [2.45, 2.75) is 25.8 Å². The van der Waals surface area contributed by atoms with E-state index in [9.17, 15) is 10.1 Å². The van der Waals surface area contributed by atoms with E-state index in [1.54, 1.807) is 6.20 Å². The second-order valence-electron chi connectivity index (χ2n) is 5.85. The van der Waals surface area contributed by atoms with Crippen LogP contribution in [0.5, 0.6) is 5.75 Å². The molecule has 0 unspecified atom stereocenters. The first-order valence-electron chi connectivity index (χ1n) is 7.66. The third kappa shape index (κ3) is 3.66. The van der Waals surface area contributed by atoms with E-state index >= 15 is 0 Å². The van der Waals surface area contributed by atoms with Crippen LogP contribution in [0.2, 0.25) is 0 Å². The molecule has 3 rings (SSSR count). The molecule has 0 aliphatic heterocycles. The molecule has 0 saturated heterocycles. The van der Waals surface area contributed by atoms with E-state index < -0.39 is 6.09 Å². The van der Waals surface area contributed by atoms with Crippen LogP contribution in [0.25, 0.3) is 10.6 Å². The van der Waals surface area contributed by atoms with Crippen molar-refractivity contribution in [1.82, 2.24) is 10.3 Å². The van der Waals surface area contributed by atoms with Crippen molar-refractivity contribution >= 4 is 17.4 Å². The second kappa shape index (κ2) is 6.89. The summed E-state index contributed by atoms with van der Waals surface area (Å²) in [5, 5.41) is 21.0. The zero-order chi connectivity index (χ0) is 17.0. The minimum atomic E-state index is -1.05. The molecule has 1 saturated carbocycles. The van der Waals surface area contributed by atoms with E-state index in [2.05, 4.69) is 16.4 Å². The van der Waals surface area contributed by atoms with Crippen LogP contribution in [0, 0.1) is 16.7 Å². The minimum absolute atomic E-state index is 0.254. The first-order valence-corrected chi connectivity index (χ1v) is 8.48. The molecule has 6 nitrogen and oxygen atoms in total. The zero-order valence-electron chi connectivity index (χ0n) is 13.0. The Morgan fingerprint density at radius 3 is 2.75 bits per heavy atom. The van der Waals surface area contributed by atoms with E-state index in [-0.39, 0.29) is 12.0 Å². The molecule has 0 bridgehead atoms. The van der Waals surface area contributed by atoms with Crippen LogP contribution < -0.4 is 10.1 Å². The summed E-state index contributed by atoms with van der Waals surface area (Å²) in [6.07, 6.45) is 3.54. The number of benzene rings is 1. The molecule has 2 N–H and O–H groups in total. The third-order valence-electron chi connectivity index (χ3n) is 4.13. The summed E-state index contributed by atoms with van der Waals surface area (Å²) < 4.78 is 5.75. The first-order chi connectivity index (χ1) is 11.6. The Morgan fingerprint density at radius 2 is 2.17 bits per heavy atom. The molecular weight excluding hydrogens is 326 g/mol. The lowest BCUT2D eigenvalue weighted by Gasteiger charge is -2.34. The Labute approximate surface area is 143 Å². The van der Waals surface area contributed by atoms with Gasteiger partial charge in [-0.15, -0.1) is 11.3 Å². The molecule has 1 fully saturated rings. The van der Waals surface area contributed by atoms with Gasteiger partial charge in [-0.1, -0.05) is 6.42 Å². The van der Waals surface area contributed by atoms with Gasteiger partial charge in [-0.25, -0.2) is 9.78 Å². The maximum atomic E-state index is 10.5. The average molecular weight is 343 g/mol. The average Bonchev–Trinajstić information content (AvgIpc) is 3.02. The number of hydrogen-bond acceptors (Lipinski definition) is 5. The standard InChI is InChI=1S/C17H17N3O3S/c18-10-17(6-1-7-17)11-23-13-4-2-12(3-5-13)15-19-8-14(24-15)9-20-16(21)22/h2-5,8,20H,1,6-7,9,11H2,(H,21,22). The van der Waals surface area contributed by atoms with Crippen LogP contribution in [0.1, 0.15) is 24.1 Å². The number of ether oxygens (including phenoxy) is 1. The topological polar surface area (TPSA) is 95.2 Å². The smallest absolute Gasteiger partial charge is 0.404 e. The summed E-state index contributed by atoms with van der Waals surface area (Å²) in [4.78, 5) is 15.7. The van der Waals surface area contributed by atoms with Crippen LogP contribution >= 0.6 is 11.3 Å². The molecule has 124 valence electrons. The fraction of sp³-hybridized carbons (Fsp3) is 0.353. The van der Waals surface area contributed by atoms with Crippen LogP contribution in [-0.2, 0) is 6.54 Å². The summed E-state index contributed by atoms with van der Waals surface area (Å²) in [6, 6.07) is 9.94. The molecule has 0 atom stereocenters. The van der Waals surface area contributed by atoms with E-state index in [0.717, 1.165) is 40.5 Å². The molecule has 1 aliphatic carbocycles. The molecular formula is C17H17N3O3S. The van der Waals surface area contributed by atoms with Gasteiger partial charge in [0.1, 0.15) is 17.4 Å². The van der Waals surface area contributed by atoms with Crippen LogP contribution in [0.15, 0.2) is 30.5 Å². The van der Waals surface area contributed by atoms with Crippen molar-refractivity contribution in [3.63, 3.8) is 0 Å². The molecule has 1 aliphatic rings. The van der Waals surface area contributed by atoms with Crippen molar-refractivity contribution in [2.24, 2.45) is 5.41 Å². The highest BCUT2D eigenvalue weighted by Gasteiger charge is 2.38. The van der Waals surface area contributed by atoms with Crippen molar-refractivity contribution in [1.29, 1.82) is 5.26 Å². The maximum absolute atomic E-state index is 10.5. The van der Waals surface area contributed by atoms with Gasteiger partial charge in [0.05, 0.1) is 18.0 Å². The Bertz CT molecular complexity index is 760. The molecule has 7 heteroatoms. The van der Waals surface area contributed by atoms with Gasteiger partial charge in [-0.05, 0) is 37.1 Å². The van der Waals surface area contributed by atoms with Crippen LogP contribution in [0.3, 0.4) is 0 Å². The molecule has 1 aromatic heterocycles. The number of nitriles is 1. The lowest BCUT2D eigenvalue weighted by Crippen LogP contribution is -2.34. The number of carbonyl (C=O) groups is 1. The SMILES string of the molecule is N#CC1(COc2ccc(-c3ncc(CNC(=O)O)s3)cc2)CCC1. The predicted molar refractivity (Wildman–Crippen MR) is 89.8 cm³/mol. The fourth-order valence-corrected chi connectivity index (χ4v) is 3.35. The number of amides is 1. The van der Waals surface area contributed by atoms with Gasteiger partial charge in [-0.2, -0.15) is 5.26 Å². The van der Waals surface area contributed by atoms with E-state index in [4.69, 9.17) is 9.84 Å². The third-order valence-corrected chi connectivity index (χ3v) is 5.18. The number of aromatic nitrogens is 1. The molecule has 1 heterocycles. The lowest BCUT2D eigenvalue weighted by molar-refractivity contribution is 0.115. The Morgan fingerprint density at radius 1 is 1.42 bits per heavy atom. The van der Waals surface area contributed by atoms with E-state index in [1.807, 2.05) is 24.3 Å². The number of hydrogen-bond donors (Lipinski definition) is 2. The highest BCUT2D eigenvalue weighted by molar-refractivity contribution is 7.15. The molecule has 0 radical (unpaired) electrons. The van der Waals surface area contributed by atoms with Crippen molar-refractivity contribution in [3.05, 3.63) is 35.3 Å². The van der Waals surface area contributed by atoms with Crippen molar-refractivity contribution in [3.8, 4) is 22.4 Å². The number of thiazole rings is 1. The zero-order valence-corrected chi connectivity index (χ0v) is 13.8. The molecule has 0 spiro atoms. The summed E-state index contributed by atoms with van der Waals surface area (Å²) in [5.74, 6) is 0.740. The maximum Gasteiger partial charge on any atom is 0.404 e. The number of carboxylic acid groups (broad SMARTS) is 1. The van der Waals surface area contributed by atoms with Gasteiger partial charge in [0.25, 0.3) is 0 Å². The van der Waals surface area contributed by atoms with Gasteiger partial charge in [0.15, 0.2) is 0 Å². The number of nitrogens with one attached hydrogen (secondary N) is 1. The van der Waals surface area contributed by atoms with E-state index in [1.165, 1.54) is 11.3 Å².